The summed E-state index contributed by atoms with van der Waals surface area (Å²) in [5, 5.41) is 2.87. The first-order chi connectivity index (χ1) is 14.6. The molecule has 2 aliphatic carbocycles. The molecule has 3 fully saturated rings. The summed E-state index contributed by atoms with van der Waals surface area (Å²) in [5.41, 5.74) is 0.579. The molecule has 2 saturated carbocycles. The van der Waals surface area contributed by atoms with Gasteiger partial charge in [-0.25, -0.2) is 4.79 Å². The Hall–Kier alpha value is -2.57. The van der Waals surface area contributed by atoms with Gasteiger partial charge in [-0.2, -0.15) is 0 Å². The van der Waals surface area contributed by atoms with Gasteiger partial charge in [-0.05, 0) is 37.8 Å². The summed E-state index contributed by atoms with van der Waals surface area (Å²) >= 11 is 0. The highest BCUT2D eigenvalue weighted by Crippen LogP contribution is 2.37. The van der Waals surface area contributed by atoms with Gasteiger partial charge in [0.15, 0.2) is 0 Å². The number of carbonyl (C=O) groups is 3. The number of nitrogens with zero attached hydrogens (tertiary/aromatic N) is 2. The molecule has 1 aromatic carbocycles. The molecule has 2 atom stereocenters. The van der Waals surface area contributed by atoms with Crippen LogP contribution in [0.15, 0.2) is 24.3 Å². The summed E-state index contributed by atoms with van der Waals surface area (Å²) in [4.78, 5) is 42.7. The average molecular weight is 414 g/mol. The van der Waals surface area contributed by atoms with Crippen molar-refractivity contribution < 1.29 is 19.1 Å². The Labute approximate surface area is 177 Å². The second-order valence-corrected chi connectivity index (χ2v) is 8.62. The molecule has 4 amide bonds. The maximum Gasteiger partial charge on any atom is 0.327 e. The lowest BCUT2D eigenvalue weighted by Gasteiger charge is -2.49. The third-order valence-corrected chi connectivity index (χ3v) is 6.77. The smallest absolute Gasteiger partial charge is 0.327 e. The van der Waals surface area contributed by atoms with Crippen molar-refractivity contribution in [2.75, 3.05) is 19.0 Å². The molecule has 7 heteroatoms. The molecule has 7 nitrogen and oxygen atoms in total. The fraction of sp³-hybridized carbons (Fsp3) is 0.609. The third kappa shape index (κ3) is 4.02. The Morgan fingerprint density at radius 2 is 1.73 bits per heavy atom. The second kappa shape index (κ2) is 9.06. The first kappa shape index (κ1) is 20.7. The zero-order valence-electron chi connectivity index (χ0n) is 17.6. The highest BCUT2D eigenvalue weighted by atomic mass is 16.5. The monoisotopic (exact) mass is 413 g/mol. The minimum absolute atomic E-state index is 0.0158. The van der Waals surface area contributed by atoms with Crippen LogP contribution in [0.1, 0.15) is 57.8 Å². The van der Waals surface area contributed by atoms with Crippen LogP contribution in [0.5, 0.6) is 5.75 Å². The first-order valence-corrected chi connectivity index (χ1v) is 11.2. The van der Waals surface area contributed by atoms with Crippen LogP contribution in [0.25, 0.3) is 0 Å². The van der Waals surface area contributed by atoms with Crippen LogP contribution in [0.4, 0.5) is 10.5 Å². The number of urea groups is 1. The highest BCUT2D eigenvalue weighted by molar-refractivity contribution is 6.02. The zero-order valence-corrected chi connectivity index (χ0v) is 17.6. The van der Waals surface area contributed by atoms with Crippen LogP contribution in [0, 0.1) is 5.92 Å². The van der Waals surface area contributed by atoms with E-state index in [1.807, 2.05) is 12.1 Å². The van der Waals surface area contributed by atoms with Gasteiger partial charge < -0.3 is 15.0 Å². The van der Waals surface area contributed by atoms with Crippen molar-refractivity contribution in [1.29, 1.82) is 0 Å². The van der Waals surface area contributed by atoms with Gasteiger partial charge in [-0.3, -0.25) is 14.5 Å². The van der Waals surface area contributed by atoms with E-state index in [-0.39, 0.29) is 42.4 Å². The number of nitrogens with one attached hydrogen (secondary N) is 1. The summed E-state index contributed by atoms with van der Waals surface area (Å²) in [7, 11) is 1.55. The number of para-hydroxylation sites is 2. The van der Waals surface area contributed by atoms with Crippen LogP contribution in [0.3, 0.4) is 0 Å². The van der Waals surface area contributed by atoms with Crippen molar-refractivity contribution >= 4 is 23.5 Å². The topological polar surface area (TPSA) is 79.0 Å². The lowest BCUT2D eigenvalue weighted by atomic mass is 9.80. The molecule has 4 rings (SSSR count). The number of amides is 4. The fourth-order valence-electron chi connectivity index (χ4n) is 5.28. The van der Waals surface area contributed by atoms with Crippen molar-refractivity contribution in [2.24, 2.45) is 5.92 Å². The SMILES string of the molecule is COc1ccccc1NC(=O)CN1C(=O)N(C2CCCCC2)C(=O)C2CCCCC21. The standard InChI is InChI=1S/C23H31N3O4/c1-30-20-14-8-6-12-18(20)24-21(27)15-25-19-13-7-5-11-17(19)22(28)26(23(25)29)16-9-3-2-4-10-16/h6,8,12,14,16-17,19H,2-5,7,9-11,13,15H2,1H3,(H,24,27). The zero-order chi connectivity index (χ0) is 21.1. The first-order valence-electron chi connectivity index (χ1n) is 11.2. The number of carbonyl (C=O) groups excluding carboxylic acids is 3. The van der Waals surface area contributed by atoms with E-state index in [2.05, 4.69) is 5.32 Å². The molecule has 30 heavy (non-hydrogen) atoms. The van der Waals surface area contributed by atoms with E-state index in [4.69, 9.17) is 4.74 Å². The predicted molar refractivity (Wildman–Crippen MR) is 113 cm³/mol. The number of fused-ring (bicyclic) bond motifs is 1. The van der Waals surface area contributed by atoms with Crippen LogP contribution in [0.2, 0.25) is 0 Å². The molecule has 0 aromatic heterocycles. The van der Waals surface area contributed by atoms with Crippen LogP contribution >= 0.6 is 0 Å². The van der Waals surface area contributed by atoms with Crippen LogP contribution < -0.4 is 10.1 Å². The number of methoxy groups -OCH3 is 1. The average Bonchev–Trinajstić information content (AvgIpc) is 2.78. The lowest BCUT2D eigenvalue weighted by molar-refractivity contribution is -0.144. The Morgan fingerprint density at radius 1 is 1.03 bits per heavy atom. The van der Waals surface area contributed by atoms with E-state index < -0.39 is 0 Å². The number of imide groups is 1. The van der Waals surface area contributed by atoms with Crippen LogP contribution in [-0.2, 0) is 9.59 Å². The summed E-state index contributed by atoms with van der Waals surface area (Å²) in [5.74, 6) is 0.107. The Kier molecular flexibility index (Phi) is 6.25. The van der Waals surface area contributed by atoms with E-state index >= 15 is 0 Å². The molecule has 162 valence electrons. The summed E-state index contributed by atoms with van der Waals surface area (Å²) in [6, 6.07) is 6.72. The molecule has 1 aliphatic heterocycles. The highest BCUT2D eigenvalue weighted by Gasteiger charge is 2.49. The number of rotatable bonds is 5. The molecule has 0 spiro atoms. The molecule has 0 bridgehead atoms. The number of hydrogen-bond acceptors (Lipinski definition) is 4. The predicted octanol–water partition coefficient (Wildman–Crippen LogP) is 3.79. The molecule has 1 N–H and O–H groups in total. The molecule has 1 heterocycles. The van der Waals surface area contributed by atoms with Gasteiger partial charge in [0.05, 0.1) is 18.7 Å². The van der Waals surface area contributed by atoms with Gasteiger partial charge in [0.1, 0.15) is 12.3 Å². The van der Waals surface area contributed by atoms with Crippen molar-refractivity contribution in [1.82, 2.24) is 9.80 Å². The van der Waals surface area contributed by atoms with Gasteiger partial charge in [0, 0.05) is 12.1 Å². The molecule has 3 aliphatic rings. The molecular weight excluding hydrogens is 382 g/mol. The maximum atomic E-state index is 13.4. The minimum Gasteiger partial charge on any atom is -0.495 e. The number of benzene rings is 1. The van der Waals surface area contributed by atoms with Crippen molar-refractivity contribution in [3.05, 3.63) is 24.3 Å². The summed E-state index contributed by atoms with van der Waals surface area (Å²) in [6.07, 6.45) is 8.55. The largest absolute Gasteiger partial charge is 0.495 e. The van der Waals surface area contributed by atoms with Crippen molar-refractivity contribution in [3.8, 4) is 5.75 Å². The minimum atomic E-state index is -0.287. The molecular formula is C23H31N3O4. The normalized spacial score (nSPS) is 25.1. The van der Waals surface area contributed by atoms with Gasteiger partial charge in [-0.1, -0.05) is 44.2 Å². The van der Waals surface area contributed by atoms with E-state index in [9.17, 15) is 14.4 Å². The molecule has 1 saturated heterocycles. The molecule has 1 aromatic rings. The fourth-order valence-corrected chi connectivity index (χ4v) is 5.28. The van der Waals surface area contributed by atoms with Gasteiger partial charge in [-0.15, -0.1) is 0 Å². The number of anilines is 1. The lowest BCUT2D eigenvalue weighted by Crippen LogP contribution is -2.65. The third-order valence-electron chi connectivity index (χ3n) is 6.77. The van der Waals surface area contributed by atoms with Gasteiger partial charge >= 0.3 is 6.03 Å². The van der Waals surface area contributed by atoms with E-state index in [1.54, 1.807) is 24.1 Å². The Morgan fingerprint density at radius 3 is 2.50 bits per heavy atom. The summed E-state index contributed by atoms with van der Waals surface area (Å²) < 4.78 is 5.31. The van der Waals surface area contributed by atoms with Crippen molar-refractivity contribution in [2.45, 2.75) is 69.9 Å². The number of hydrogen-bond donors (Lipinski definition) is 1. The second-order valence-electron chi connectivity index (χ2n) is 8.62. The maximum absolute atomic E-state index is 13.4. The van der Waals surface area contributed by atoms with E-state index in [0.29, 0.717) is 11.4 Å². The molecule has 0 radical (unpaired) electrons. The van der Waals surface area contributed by atoms with Gasteiger partial charge in [0.25, 0.3) is 0 Å². The van der Waals surface area contributed by atoms with Crippen LogP contribution in [-0.4, -0.2) is 53.4 Å². The molecule has 2 unspecified atom stereocenters. The summed E-state index contributed by atoms with van der Waals surface area (Å²) in [6.45, 7) is -0.0471. The van der Waals surface area contributed by atoms with E-state index in [0.717, 1.165) is 57.8 Å². The number of ether oxygens (including phenoxy) is 1. The van der Waals surface area contributed by atoms with E-state index in [1.165, 1.54) is 4.90 Å². The van der Waals surface area contributed by atoms with Gasteiger partial charge in [0.2, 0.25) is 11.8 Å². The Balaban J connectivity index is 1.54. The quantitative estimate of drug-likeness (QED) is 0.797. The van der Waals surface area contributed by atoms with Crippen molar-refractivity contribution in [3.63, 3.8) is 0 Å². The Bertz CT molecular complexity index is 805.